The zero-order valence-corrected chi connectivity index (χ0v) is 11.0. The largest absolute Gasteiger partial charge is 0.317 e. The number of hydrogen-bond donors (Lipinski definition) is 1. The summed E-state index contributed by atoms with van der Waals surface area (Å²) in [5.41, 5.74) is 3.31. The molecule has 2 aromatic rings. The first-order chi connectivity index (χ1) is 8.25. The van der Waals surface area contributed by atoms with Crippen LogP contribution in [0.2, 0.25) is 0 Å². The van der Waals surface area contributed by atoms with E-state index in [1.807, 2.05) is 13.8 Å². The summed E-state index contributed by atoms with van der Waals surface area (Å²) in [6, 6.07) is 0. The molecule has 90 valence electrons. The Morgan fingerprint density at radius 3 is 2.71 bits per heavy atom. The maximum atomic E-state index is 4.67. The molecule has 0 aliphatic carbocycles. The first kappa shape index (κ1) is 11.0. The normalized spacial score (nSPS) is 17.8. The van der Waals surface area contributed by atoms with Crippen LogP contribution in [-0.4, -0.2) is 27.4 Å². The maximum Gasteiger partial charge on any atom is 0.126 e. The van der Waals surface area contributed by atoms with Gasteiger partial charge in [-0.2, -0.15) is 4.37 Å². The van der Waals surface area contributed by atoms with Crippen LogP contribution >= 0.6 is 11.5 Å². The molecule has 1 N–H and O–H groups in total. The van der Waals surface area contributed by atoms with Crippen molar-refractivity contribution in [1.29, 1.82) is 0 Å². The summed E-state index contributed by atoms with van der Waals surface area (Å²) in [6.45, 7) is 6.18. The third-order valence-electron chi connectivity index (χ3n) is 3.35. The molecule has 2 aromatic heterocycles. The fraction of sp³-hybridized carbons (Fsp3) is 0.583. The van der Waals surface area contributed by atoms with E-state index in [1.165, 1.54) is 23.2 Å². The number of hydrogen-bond acceptors (Lipinski definition) is 5. The van der Waals surface area contributed by atoms with Gasteiger partial charge in [0.05, 0.1) is 16.1 Å². The molecule has 1 aliphatic heterocycles. The van der Waals surface area contributed by atoms with Crippen molar-refractivity contribution < 1.29 is 0 Å². The molecular weight excluding hydrogens is 232 g/mol. The molecule has 0 saturated carbocycles. The van der Waals surface area contributed by atoms with Gasteiger partial charge in [-0.25, -0.2) is 9.97 Å². The van der Waals surface area contributed by atoms with Gasteiger partial charge in [0, 0.05) is 5.92 Å². The van der Waals surface area contributed by atoms with E-state index in [-0.39, 0.29) is 0 Å². The van der Waals surface area contributed by atoms with Crippen LogP contribution in [0.5, 0.6) is 0 Å². The second-order valence-electron chi connectivity index (χ2n) is 4.63. The summed E-state index contributed by atoms with van der Waals surface area (Å²) >= 11 is 1.55. The number of aromatic nitrogens is 3. The van der Waals surface area contributed by atoms with Gasteiger partial charge in [-0.3, -0.25) is 0 Å². The van der Waals surface area contributed by atoms with E-state index in [0.717, 1.165) is 30.1 Å². The predicted molar refractivity (Wildman–Crippen MR) is 69.5 cm³/mol. The minimum atomic E-state index is 0.570. The Balaban J connectivity index is 2.13. The van der Waals surface area contributed by atoms with Crippen LogP contribution in [0.1, 0.15) is 36.0 Å². The summed E-state index contributed by atoms with van der Waals surface area (Å²) in [4.78, 5) is 9.18. The molecule has 5 heteroatoms. The lowest BCUT2D eigenvalue weighted by molar-refractivity contribution is 0.455. The molecule has 1 fully saturated rings. The molecule has 17 heavy (non-hydrogen) atoms. The number of nitrogens with one attached hydrogen (secondary N) is 1. The molecular formula is C12H16N4S. The van der Waals surface area contributed by atoms with Crippen molar-refractivity contribution in [2.24, 2.45) is 0 Å². The Hall–Kier alpha value is -1.07. The van der Waals surface area contributed by atoms with E-state index in [9.17, 15) is 0 Å². The van der Waals surface area contributed by atoms with E-state index in [2.05, 4.69) is 19.7 Å². The lowest BCUT2D eigenvalue weighted by Crippen LogP contribution is -2.27. The van der Waals surface area contributed by atoms with Crippen LogP contribution in [0.4, 0.5) is 0 Å². The van der Waals surface area contributed by atoms with Gasteiger partial charge in [-0.1, -0.05) is 0 Å². The van der Waals surface area contributed by atoms with Crippen LogP contribution in [-0.2, 0) is 0 Å². The molecule has 3 heterocycles. The molecule has 0 atom stereocenters. The molecule has 0 radical (unpaired) electrons. The minimum absolute atomic E-state index is 0.570. The molecule has 0 spiro atoms. The monoisotopic (exact) mass is 248 g/mol. The Morgan fingerprint density at radius 1 is 1.18 bits per heavy atom. The van der Waals surface area contributed by atoms with Crippen LogP contribution in [0.3, 0.4) is 0 Å². The average Bonchev–Trinajstić information content (AvgIpc) is 2.72. The quantitative estimate of drug-likeness (QED) is 0.840. The fourth-order valence-electron chi connectivity index (χ4n) is 2.45. The van der Waals surface area contributed by atoms with Crippen molar-refractivity contribution in [3.63, 3.8) is 0 Å². The van der Waals surface area contributed by atoms with Gasteiger partial charge in [-0.05, 0) is 51.3 Å². The van der Waals surface area contributed by atoms with E-state index in [1.54, 1.807) is 11.5 Å². The van der Waals surface area contributed by atoms with Gasteiger partial charge in [-0.15, -0.1) is 0 Å². The maximum absolute atomic E-state index is 4.67. The average molecular weight is 248 g/mol. The zero-order chi connectivity index (χ0) is 11.8. The molecule has 0 bridgehead atoms. The highest BCUT2D eigenvalue weighted by molar-refractivity contribution is 7.13. The summed E-state index contributed by atoms with van der Waals surface area (Å²) < 4.78 is 5.61. The smallest absolute Gasteiger partial charge is 0.126 e. The Bertz CT molecular complexity index is 543. The van der Waals surface area contributed by atoms with Crippen molar-refractivity contribution >= 4 is 21.7 Å². The fourth-order valence-corrected chi connectivity index (χ4v) is 3.35. The van der Waals surface area contributed by atoms with E-state index in [0.29, 0.717) is 5.92 Å². The van der Waals surface area contributed by atoms with Crippen molar-refractivity contribution in [2.45, 2.75) is 32.6 Å². The summed E-state index contributed by atoms with van der Waals surface area (Å²) in [5.74, 6) is 1.44. The van der Waals surface area contributed by atoms with Crippen molar-refractivity contribution in [3.8, 4) is 0 Å². The van der Waals surface area contributed by atoms with E-state index in [4.69, 9.17) is 0 Å². The SMILES string of the molecule is Cc1nc(C2CCNCC2)c2snc(C)c2n1. The molecule has 1 aliphatic rings. The van der Waals surface area contributed by atoms with Gasteiger partial charge in [0.1, 0.15) is 11.3 Å². The van der Waals surface area contributed by atoms with Gasteiger partial charge in [0.15, 0.2) is 0 Å². The van der Waals surface area contributed by atoms with E-state index >= 15 is 0 Å². The molecule has 0 aromatic carbocycles. The van der Waals surface area contributed by atoms with E-state index < -0.39 is 0 Å². The van der Waals surface area contributed by atoms with Crippen molar-refractivity contribution in [1.82, 2.24) is 19.7 Å². The third kappa shape index (κ3) is 1.93. The van der Waals surface area contributed by atoms with Crippen molar-refractivity contribution in [2.75, 3.05) is 13.1 Å². The van der Waals surface area contributed by atoms with Gasteiger partial charge in [0.2, 0.25) is 0 Å². The zero-order valence-electron chi connectivity index (χ0n) is 10.2. The lowest BCUT2D eigenvalue weighted by Gasteiger charge is -2.22. The highest BCUT2D eigenvalue weighted by Crippen LogP contribution is 2.32. The number of piperidine rings is 1. The van der Waals surface area contributed by atoms with Crippen LogP contribution in [0.25, 0.3) is 10.2 Å². The van der Waals surface area contributed by atoms with Gasteiger partial charge < -0.3 is 5.32 Å². The Labute approximate surface area is 105 Å². The number of aryl methyl sites for hydroxylation is 2. The predicted octanol–water partition coefficient (Wildman–Crippen LogP) is 2.17. The van der Waals surface area contributed by atoms with Crippen LogP contribution in [0, 0.1) is 13.8 Å². The topological polar surface area (TPSA) is 50.7 Å². The second kappa shape index (κ2) is 4.31. The molecule has 1 saturated heterocycles. The summed E-state index contributed by atoms with van der Waals surface area (Å²) in [6.07, 6.45) is 2.34. The van der Waals surface area contributed by atoms with Crippen molar-refractivity contribution in [3.05, 3.63) is 17.2 Å². The molecule has 0 amide bonds. The van der Waals surface area contributed by atoms with Gasteiger partial charge in [0.25, 0.3) is 0 Å². The standard InChI is InChI=1S/C12H16N4S/c1-7-10-12(17-16-7)11(15-8(2)14-10)9-3-5-13-6-4-9/h9,13H,3-6H2,1-2H3. The van der Waals surface area contributed by atoms with Gasteiger partial charge >= 0.3 is 0 Å². The first-order valence-electron chi connectivity index (χ1n) is 6.07. The van der Waals surface area contributed by atoms with Crippen LogP contribution in [0.15, 0.2) is 0 Å². The number of nitrogens with zero attached hydrogens (tertiary/aromatic N) is 3. The highest BCUT2D eigenvalue weighted by Gasteiger charge is 2.21. The summed E-state index contributed by atoms with van der Waals surface area (Å²) in [7, 11) is 0. The second-order valence-corrected chi connectivity index (χ2v) is 5.40. The third-order valence-corrected chi connectivity index (χ3v) is 4.30. The minimum Gasteiger partial charge on any atom is -0.317 e. The molecule has 0 unspecified atom stereocenters. The summed E-state index contributed by atoms with van der Waals surface area (Å²) in [5, 5.41) is 3.40. The number of fused-ring (bicyclic) bond motifs is 1. The van der Waals surface area contributed by atoms with Crippen LogP contribution < -0.4 is 5.32 Å². The highest BCUT2D eigenvalue weighted by atomic mass is 32.1. The number of rotatable bonds is 1. The molecule has 4 nitrogen and oxygen atoms in total. The Morgan fingerprint density at radius 2 is 1.94 bits per heavy atom. The lowest BCUT2D eigenvalue weighted by atomic mass is 9.94. The first-order valence-corrected chi connectivity index (χ1v) is 6.84. The molecule has 3 rings (SSSR count). The Kier molecular flexibility index (Phi) is 2.80.